The van der Waals surface area contributed by atoms with E-state index in [0.29, 0.717) is 4.90 Å². The molecule has 0 saturated carbocycles. The third kappa shape index (κ3) is 3.16. The minimum Gasteiger partial charge on any atom is -0.331 e. The summed E-state index contributed by atoms with van der Waals surface area (Å²) in [6.07, 6.45) is -5.52. The van der Waals surface area contributed by atoms with Crippen molar-refractivity contribution in [3.05, 3.63) is 6.54 Å². The molecule has 0 aromatic rings. The number of aliphatic imine (C=N–C) groups is 1. The molecule has 0 spiro atoms. The van der Waals surface area contributed by atoms with Crippen LogP contribution in [0.1, 0.15) is 0 Å². The highest BCUT2D eigenvalue weighted by atomic mass is 19.4. The van der Waals surface area contributed by atoms with Crippen molar-refractivity contribution in [1.29, 1.82) is 0 Å². The molecule has 0 aromatic carbocycles. The summed E-state index contributed by atoms with van der Waals surface area (Å²) >= 11 is 0. The average molecular weight is 199 g/mol. The van der Waals surface area contributed by atoms with E-state index in [4.69, 9.17) is 0 Å². The number of hydrogen-bond acceptors (Lipinski definition) is 2. The predicted octanol–water partition coefficient (Wildman–Crippen LogP) is 1.44. The summed E-state index contributed by atoms with van der Waals surface area (Å²) in [5.74, 6) is 0. The van der Waals surface area contributed by atoms with Crippen LogP contribution in [0.4, 0.5) is 22.0 Å². The van der Waals surface area contributed by atoms with Crippen molar-refractivity contribution in [3.8, 4) is 0 Å². The molecule has 0 N–H and O–H groups in total. The molecular weight excluding hydrogens is 195 g/mol. The van der Waals surface area contributed by atoms with Gasteiger partial charge in [0.15, 0.2) is 6.34 Å². The SMILES string of the molecule is FC(F)C1[C]N(CC(F)(F)F)[C]=N1. The average Bonchev–Trinajstić information content (AvgIpc) is 2.31. The zero-order valence-corrected chi connectivity index (χ0v) is 6.15. The van der Waals surface area contributed by atoms with E-state index >= 15 is 0 Å². The van der Waals surface area contributed by atoms with Crippen LogP contribution in [0.2, 0.25) is 0 Å². The Kier molecular flexibility index (Phi) is 2.72. The fourth-order valence-electron chi connectivity index (χ4n) is 0.722. The zero-order valence-electron chi connectivity index (χ0n) is 6.15. The van der Waals surface area contributed by atoms with Crippen LogP contribution in [0.25, 0.3) is 0 Å². The lowest BCUT2D eigenvalue weighted by atomic mass is 10.3. The molecule has 0 aliphatic carbocycles. The van der Waals surface area contributed by atoms with E-state index in [2.05, 4.69) is 4.99 Å². The maximum absolute atomic E-state index is 11.8. The standard InChI is InChI=1S/C6H4F5N2/c7-5(8)4-1-13(3-12-4)2-6(9,10)11/h4-5H,2H2. The highest BCUT2D eigenvalue weighted by Gasteiger charge is 2.35. The predicted molar refractivity (Wildman–Crippen MR) is 33.2 cm³/mol. The van der Waals surface area contributed by atoms with Crippen LogP contribution in [-0.4, -0.2) is 36.4 Å². The maximum atomic E-state index is 11.8. The molecule has 0 fully saturated rings. The van der Waals surface area contributed by atoms with Gasteiger partial charge in [-0.3, -0.25) is 4.99 Å². The van der Waals surface area contributed by atoms with Crippen LogP contribution >= 0.6 is 0 Å². The van der Waals surface area contributed by atoms with E-state index in [1.165, 1.54) is 0 Å². The fourth-order valence-corrected chi connectivity index (χ4v) is 0.722. The monoisotopic (exact) mass is 199 g/mol. The molecule has 1 aliphatic heterocycles. The van der Waals surface area contributed by atoms with Crippen molar-refractivity contribution in [2.45, 2.75) is 18.6 Å². The van der Waals surface area contributed by atoms with Crippen LogP contribution in [0.3, 0.4) is 0 Å². The van der Waals surface area contributed by atoms with Gasteiger partial charge in [0.25, 0.3) is 6.43 Å². The van der Waals surface area contributed by atoms with Crippen molar-refractivity contribution in [2.24, 2.45) is 4.99 Å². The van der Waals surface area contributed by atoms with Crippen molar-refractivity contribution < 1.29 is 22.0 Å². The second-order valence-corrected chi connectivity index (χ2v) is 2.34. The third-order valence-corrected chi connectivity index (χ3v) is 1.18. The Bertz CT molecular complexity index is 200. The summed E-state index contributed by atoms with van der Waals surface area (Å²) in [5.41, 5.74) is 0. The van der Waals surface area contributed by atoms with Gasteiger partial charge < -0.3 is 4.90 Å². The molecule has 1 atom stereocenters. The normalized spacial score (nSPS) is 23.2. The van der Waals surface area contributed by atoms with Crippen LogP contribution in [-0.2, 0) is 0 Å². The first-order valence-electron chi connectivity index (χ1n) is 3.22. The Balaban J connectivity index is 2.39. The van der Waals surface area contributed by atoms with Gasteiger partial charge in [0, 0.05) is 0 Å². The van der Waals surface area contributed by atoms with E-state index in [0.717, 1.165) is 0 Å². The Morgan fingerprint density at radius 2 is 2.00 bits per heavy atom. The first-order valence-corrected chi connectivity index (χ1v) is 3.22. The number of halogens is 5. The van der Waals surface area contributed by atoms with E-state index in [9.17, 15) is 22.0 Å². The first kappa shape index (κ1) is 10.2. The second kappa shape index (κ2) is 3.47. The molecule has 1 heterocycles. The van der Waals surface area contributed by atoms with Gasteiger partial charge in [-0.15, -0.1) is 0 Å². The Hall–Kier alpha value is -0.880. The number of hydrogen-bond donors (Lipinski definition) is 0. The summed E-state index contributed by atoms with van der Waals surface area (Å²) in [4.78, 5) is 3.37. The van der Waals surface area contributed by atoms with Gasteiger partial charge in [0.2, 0.25) is 0 Å². The van der Waals surface area contributed by atoms with Crippen molar-refractivity contribution >= 4 is 6.34 Å². The van der Waals surface area contributed by atoms with Gasteiger partial charge in [-0.2, -0.15) is 13.2 Å². The lowest BCUT2D eigenvalue weighted by Gasteiger charge is -2.15. The minimum absolute atomic E-state index is 0.358. The summed E-state index contributed by atoms with van der Waals surface area (Å²) in [7, 11) is 0. The van der Waals surface area contributed by atoms with Gasteiger partial charge in [-0.05, 0) is 0 Å². The van der Waals surface area contributed by atoms with E-state index < -0.39 is 25.2 Å². The van der Waals surface area contributed by atoms with Crippen LogP contribution in [0.15, 0.2) is 4.99 Å². The smallest absolute Gasteiger partial charge is 0.331 e. The second-order valence-electron chi connectivity index (χ2n) is 2.34. The number of nitrogens with zero attached hydrogens (tertiary/aromatic N) is 2. The van der Waals surface area contributed by atoms with Gasteiger partial charge >= 0.3 is 6.18 Å². The van der Waals surface area contributed by atoms with Crippen molar-refractivity contribution in [1.82, 2.24) is 4.90 Å². The molecule has 0 bridgehead atoms. The van der Waals surface area contributed by atoms with Gasteiger partial charge in [-0.25, -0.2) is 8.78 Å². The Morgan fingerprint density at radius 3 is 2.38 bits per heavy atom. The molecule has 73 valence electrons. The van der Waals surface area contributed by atoms with Gasteiger partial charge in [-0.1, -0.05) is 0 Å². The van der Waals surface area contributed by atoms with E-state index in [-0.39, 0.29) is 0 Å². The molecule has 1 unspecified atom stereocenters. The molecule has 1 rings (SSSR count). The Labute approximate surface area is 71.0 Å². The lowest BCUT2D eigenvalue weighted by molar-refractivity contribution is -0.135. The fraction of sp³-hybridized carbons (Fsp3) is 0.667. The summed E-state index contributed by atoms with van der Waals surface area (Å²) in [6, 6.07) is -1.62. The molecular formula is C6H4F5N2. The number of alkyl halides is 5. The minimum atomic E-state index is -4.47. The van der Waals surface area contributed by atoms with Gasteiger partial charge in [0.05, 0.1) is 0 Å². The third-order valence-electron chi connectivity index (χ3n) is 1.18. The first-order chi connectivity index (χ1) is 5.88. The highest BCUT2D eigenvalue weighted by molar-refractivity contribution is 5.59. The van der Waals surface area contributed by atoms with Gasteiger partial charge in [0.1, 0.15) is 19.1 Å². The highest BCUT2D eigenvalue weighted by Crippen LogP contribution is 2.21. The molecule has 2 nitrogen and oxygen atoms in total. The summed E-state index contributed by atoms with van der Waals surface area (Å²) in [5, 5.41) is 0. The van der Waals surface area contributed by atoms with Crippen LogP contribution in [0.5, 0.6) is 0 Å². The van der Waals surface area contributed by atoms with E-state index in [1.54, 1.807) is 6.34 Å². The quantitative estimate of drug-likeness (QED) is 0.614. The molecule has 0 aromatic heterocycles. The molecule has 0 amide bonds. The number of rotatable bonds is 2. The van der Waals surface area contributed by atoms with E-state index in [1.807, 2.05) is 6.54 Å². The largest absolute Gasteiger partial charge is 0.406 e. The maximum Gasteiger partial charge on any atom is 0.406 e. The van der Waals surface area contributed by atoms with Crippen LogP contribution in [0, 0.1) is 6.54 Å². The zero-order chi connectivity index (χ0) is 10.1. The van der Waals surface area contributed by atoms with Crippen molar-refractivity contribution in [3.63, 3.8) is 0 Å². The molecule has 0 saturated heterocycles. The molecule has 3 radical (unpaired) electrons. The molecule has 1 aliphatic rings. The summed E-state index contributed by atoms with van der Waals surface area (Å²) < 4.78 is 58.7. The lowest BCUT2D eigenvalue weighted by Crippen LogP contribution is -2.31. The topological polar surface area (TPSA) is 15.6 Å². The Morgan fingerprint density at radius 1 is 1.38 bits per heavy atom. The van der Waals surface area contributed by atoms with Crippen LogP contribution < -0.4 is 0 Å². The van der Waals surface area contributed by atoms with Crippen molar-refractivity contribution in [2.75, 3.05) is 6.54 Å². The molecule has 13 heavy (non-hydrogen) atoms. The summed E-state index contributed by atoms with van der Waals surface area (Å²) in [6.45, 7) is 0.443. The molecule has 7 heteroatoms.